The number of H-pyrrole nitrogens is 1. The van der Waals surface area contributed by atoms with Crippen LogP contribution in [0, 0.1) is 19.7 Å². The van der Waals surface area contributed by atoms with E-state index in [4.69, 9.17) is 9.47 Å². The van der Waals surface area contributed by atoms with E-state index < -0.39 is 5.82 Å². The predicted molar refractivity (Wildman–Crippen MR) is 146 cm³/mol. The number of carbonyl (C=O) groups is 1. The lowest BCUT2D eigenvalue weighted by atomic mass is 10.1. The molecule has 0 atom stereocenters. The van der Waals surface area contributed by atoms with Crippen LogP contribution in [0.1, 0.15) is 26.5 Å². The van der Waals surface area contributed by atoms with Crippen molar-refractivity contribution >= 4 is 44.1 Å². The molecule has 2 aromatic carbocycles. The summed E-state index contributed by atoms with van der Waals surface area (Å²) in [5.41, 5.74) is 4.12. The number of nitrogens with zero attached hydrogens (tertiary/aromatic N) is 3. The molecule has 5 aromatic rings. The zero-order chi connectivity index (χ0) is 26.2. The van der Waals surface area contributed by atoms with Crippen molar-refractivity contribution < 1.29 is 18.7 Å². The highest BCUT2D eigenvalue weighted by molar-refractivity contribution is 7.20. The van der Waals surface area contributed by atoms with E-state index in [0.29, 0.717) is 37.2 Å². The Morgan fingerprint density at radius 3 is 2.74 bits per heavy atom. The quantitative estimate of drug-likeness (QED) is 0.288. The number of aryl methyl sites for hydroxylation is 2. The number of morpholine rings is 1. The second-order valence-corrected chi connectivity index (χ2v) is 10.3. The minimum absolute atomic E-state index is 0.0604. The van der Waals surface area contributed by atoms with Crippen LogP contribution in [0.5, 0.6) is 11.6 Å². The van der Waals surface area contributed by atoms with Crippen LogP contribution in [0.25, 0.3) is 21.1 Å². The van der Waals surface area contributed by atoms with Gasteiger partial charge in [-0.25, -0.2) is 14.4 Å². The van der Waals surface area contributed by atoms with Crippen LogP contribution in [-0.4, -0.2) is 52.1 Å². The topological polar surface area (TPSA) is 92.4 Å². The predicted octanol–water partition coefficient (Wildman–Crippen LogP) is 5.81. The first-order valence-corrected chi connectivity index (χ1v) is 13.2. The summed E-state index contributed by atoms with van der Waals surface area (Å²) < 4.78 is 26.5. The van der Waals surface area contributed by atoms with Gasteiger partial charge in [-0.15, -0.1) is 11.3 Å². The van der Waals surface area contributed by atoms with Gasteiger partial charge < -0.3 is 19.8 Å². The molecule has 38 heavy (non-hydrogen) atoms. The summed E-state index contributed by atoms with van der Waals surface area (Å²) in [7, 11) is 0. The standard InChI is InChI=1S/C28H26FN5O3S/c1-16-13-20-21(32-16)7-8-22(24(20)29)37-27-23-17(2)25(38-28(23)31-15-30-27)26(35)33-19-5-3-18(4-6-19)14-34-9-11-36-12-10-34/h3-8,13,15,32H,9-12,14H2,1-2H3,(H,33,35). The maximum Gasteiger partial charge on any atom is 0.266 e. The van der Waals surface area contributed by atoms with Gasteiger partial charge >= 0.3 is 0 Å². The number of benzene rings is 2. The number of amides is 1. The Labute approximate surface area is 222 Å². The number of anilines is 1. The van der Waals surface area contributed by atoms with E-state index in [1.54, 1.807) is 18.2 Å². The molecule has 4 heterocycles. The van der Waals surface area contributed by atoms with Crippen LogP contribution < -0.4 is 10.1 Å². The molecule has 1 saturated heterocycles. The van der Waals surface area contributed by atoms with Gasteiger partial charge in [-0.05, 0) is 55.3 Å². The molecule has 1 fully saturated rings. The van der Waals surface area contributed by atoms with Crippen LogP contribution in [0.2, 0.25) is 0 Å². The number of hydrogen-bond donors (Lipinski definition) is 2. The molecule has 0 bridgehead atoms. The summed E-state index contributed by atoms with van der Waals surface area (Å²) in [5.74, 6) is -0.444. The Morgan fingerprint density at radius 1 is 1.16 bits per heavy atom. The number of hydrogen-bond acceptors (Lipinski definition) is 7. The molecule has 10 heteroatoms. The molecule has 6 rings (SSSR count). The molecule has 194 valence electrons. The number of rotatable bonds is 6. The van der Waals surface area contributed by atoms with E-state index >= 15 is 4.39 Å². The van der Waals surface area contributed by atoms with Gasteiger partial charge in [0.05, 0.1) is 23.5 Å². The smallest absolute Gasteiger partial charge is 0.266 e. The molecular formula is C28H26FN5O3S. The van der Waals surface area contributed by atoms with Crippen molar-refractivity contribution in [1.82, 2.24) is 19.9 Å². The van der Waals surface area contributed by atoms with Gasteiger partial charge in [0.1, 0.15) is 11.2 Å². The largest absolute Gasteiger partial charge is 0.435 e. The average molecular weight is 532 g/mol. The number of carbonyl (C=O) groups excluding carboxylic acids is 1. The van der Waals surface area contributed by atoms with Crippen molar-refractivity contribution in [1.29, 1.82) is 0 Å². The molecule has 2 N–H and O–H groups in total. The monoisotopic (exact) mass is 531 g/mol. The van der Waals surface area contributed by atoms with Gasteiger partial charge in [0.15, 0.2) is 11.6 Å². The zero-order valence-corrected chi connectivity index (χ0v) is 21.8. The minimum Gasteiger partial charge on any atom is -0.435 e. The van der Waals surface area contributed by atoms with Crippen LogP contribution in [0.4, 0.5) is 10.1 Å². The molecule has 1 aliphatic rings. The third kappa shape index (κ3) is 4.73. The van der Waals surface area contributed by atoms with Gasteiger partial charge in [-0.2, -0.15) is 0 Å². The van der Waals surface area contributed by atoms with E-state index in [2.05, 4.69) is 25.2 Å². The normalized spacial score (nSPS) is 14.3. The molecule has 0 radical (unpaired) electrons. The van der Waals surface area contributed by atoms with Gasteiger partial charge in [0, 0.05) is 41.9 Å². The lowest BCUT2D eigenvalue weighted by Gasteiger charge is -2.26. The Kier molecular flexibility index (Phi) is 6.52. The first kappa shape index (κ1) is 24.5. The molecule has 3 aromatic heterocycles. The number of aromatic amines is 1. The number of nitrogens with one attached hydrogen (secondary N) is 2. The molecule has 0 spiro atoms. The van der Waals surface area contributed by atoms with E-state index in [1.807, 2.05) is 38.1 Å². The van der Waals surface area contributed by atoms with Gasteiger partial charge in [-0.1, -0.05) is 12.1 Å². The Bertz CT molecular complexity index is 1640. The summed E-state index contributed by atoms with van der Waals surface area (Å²) in [6.07, 6.45) is 1.36. The maximum absolute atomic E-state index is 15.1. The van der Waals surface area contributed by atoms with Crippen molar-refractivity contribution in [2.75, 3.05) is 31.6 Å². The summed E-state index contributed by atoms with van der Waals surface area (Å²) in [4.78, 5) is 28.4. The third-order valence-corrected chi connectivity index (χ3v) is 7.86. The number of aromatic nitrogens is 3. The Hall–Kier alpha value is -3.86. The second kappa shape index (κ2) is 10.1. The van der Waals surface area contributed by atoms with Gasteiger partial charge in [0.25, 0.3) is 5.91 Å². The van der Waals surface area contributed by atoms with Crippen LogP contribution in [-0.2, 0) is 11.3 Å². The van der Waals surface area contributed by atoms with E-state index in [0.717, 1.165) is 38.5 Å². The maximum atomic E-state index is 15.1. The lowest BCUT2D eigenvalue weighted by Crippen LogP contribution is -2.35. The third-order valence-electron chi connectivity index (χ3n) is 6.66. The number of thiophene rings is 1. The number of ether oxygens (including phenoxy) is 2. The van der Waals surface area contributed by atoms with Crippen molar-refractivity contribution in [3.05, 3.63) is 76.3 Å². The second-order valence-electron chi connectivity index (χ2n) is 9.35. The van der Waals surface area contributed by atoms with Crippen molar-refractivity contribution in [3.63, 3.8) is 0 Å². The van der Waals surface area contributed by atoms with E-state index in [9.17, 15) is 4.79 Å². The molecular weight excluding hydrogens is 505 g/mol. The van der Waals surface area contributed by atoms with Crippen LogP contribution >= 0.6 is 11.3 Å². The summed E-state index contributed by atoms with van der Waals surface area (Å²) in [5, 5.41) is 4.02. The fourth-order valence-electron chi connectivity index (χ4n) is 4.70. The highest BCUT2D eigenvalue weighted by Gasteiger charge is 2.22. The van der Waals surface area contributed by atoms with E-state index in [-0.39, 0.29) is 17.5 Å². The zero-order valence-electron chi connectivity index (χ0n) is 21.0. The fraction of sp³-hybridized carbons (Fsp3) is 0.250. The molecule has 1 aliphatic heterocycles. The highest BCUT2D eigenvalue weighted by Crippen LogP contribution is 2.38. The fourth-order valence-corrected chi connectivity index (χ4v) is 5.74. The SMILES string of the molecule is Cc1cc2c(F)c(Oc3ncnc4sc(C(=O)Nc5ccc(CN6CCOCC6)cc5)c(C)c34)ccc2[nH]1. The van der Waals surface area contributed by atoms with Crippen molar-refractivity contribution in [2.24, 2.45) is 0 Å². The molecule has 0 aliphatic carbocycles. The summed E-state index contributed by atoms with van der Waals surface area (Å²) >= 11 is 1.25. The highest BCUT2D eigenvalue weighted by atomic mass is 32.1. The van der Waals surface area contributed by atoms with Crippen molar-refractivity contribution in [3.8, 4) is 11.6 Å². The minimum atomic E-state index is -0.471. The van der Waals surface area contributed by atoms with E-state index in [1.165, 1.54) is 23.2 Å². The molecule has 0 saturated carbocycles. The first-order chi connectivity index (χ1) is 18.5. The van der Waals surface area contributed by atoms with Crippen LogP contribution in [0.15, 0.2) is 48.8 Å². The van der Waals surface area contributed by atoms with Crippen LogP contribution in [0.3, 0.4) is 0 Å². The Morgan fingerprint density at radius 2 is 1.95 bits per heavy atom. The number of halogens is 1. The lowest BCUT2D eigenvalue weighted by molar-refractivity contribution is 0.0342. The molecule has 0 unspecified atom stereocenters. The average Bonchev–Trinajstić information content (AvgIpc) is 3.48. The first-order valence-electron chi connectivity index (χ1n) is 12.4. The summed E-state index contributed by atoms with van der Waals surface area (Å²) in [6.45, 7) is 7.91. The number of fused-ring (bicyclic) bond motifs is 2. The summed E-state index contributed by atoms with van der Waals surface area (Å²) in [6, 6.07) is 12.9. The molecule has 8 nitrogen and oxygen atoms in total. The van der Waals surface area contributed by atoms with Crippen molar-refractivity contribution in [2.45, 2.75) is 20.4 Å². The molecule has 1 amide bonds. The Balaban J connectivity index is 1.22. The van der Waals surface area contributed by atoms with Gasteiger partial charge in [0.2, 0.25) is 5.88 Å². The van der Waals surface area contributed by atoms with Gasteiger partial charge in [-0.3, -0.25) is 9.69 Å².